The van der Waals surface area contributed by atoms with Crippen LogP contribution >= 0.6 is 0 Å². The summed E-state index contributed by atoms with van der Waals surface area (Å²) in [5, 5.41) is 6.21. The van der Waals surface area contributed by atoms with Gasteiger partial charge >= 0.3 is 5.97 Å². The molecule has 0 fully saturated rings. The fourth-order valence-electron chi connectivity index (χ4n) is 5.40. The first-order valence-corrected chi connectivity index (χ1v) is 12.9. The number of esters is 1. The molecule has 0 aliphatic carbocycles. The van der Waals surface area contributed by atoms with Gasteiger partial charge in [-0.15, -0.1) is 0 Å². The average molecular weight is 498 g/mol. The number of fused-ring (bicyclic) bond motifs is 2. The summed E-state index contributed by atoms with van der Waals surface area (Å²) in [5.41, 5.74) is 3.22. The van der Waals surface area contributed by atoms with Gasteiger partial charge in [-0.3, -0.25) is 0 Å². The highest BCUT2D eigenvalue weighted by Gasteiger charge is 2.30. The smallest absolute Gasteiger partial charge is 0.340 e. The van der Waals surface area contributed by atoms with Crippen LogP contribution in [0.3, 0.4) is 0 Å². The van der Waals surface area contributed by atoms with Crippen molar-refractivity contribution in [1.82, 2.24) is 5.32 Å². The lowest BCUT2D eigenvalue weighted by molar-refractivity contribution is 0.0595. The van der Waals surface area contributed by atoms with E-state index in [2.05, 4.69) is 54.7 Å². The van der Waals surface area contributed by atoms with Crippen molar-refractivity contribution >= 4 is 16.7 Å². The molecule has 0 saturated carbocycles. The Hall–Kier alpha value is -3.70. The van der Waals surface area contributed by atoms with Crippen molar-refractivity contribution in [3.05, 3.63) is 113 Å². The molecule has 0 amide bonds. The van der Waals surface area contributed by atoms with E-state index in [9.17, 15) is 9.18 Å². The van der Waals surface area contributed by atoms with Gasteiger partial charge in [-0.2, -0.15) is 0 Å². The molecule has 0 bridgehead atoms. The van der Waals surface area contributed by atoms with Gasteiger partial charge in [0.05, 0.1) is 18.8 Å². The Morgan fingerprint density at radius 1 is 1.05 bits per heavy atom. The van der Waals surface area contributed by atoms with Crippen molar-refractivity contribution in [3.8, 4) is 5.75 Å². The van der Waals surface area contributed by atoms with Crippen LogP contribution in [0.2, 0.25) is 0 Å². The lowest BCUT2D eigenvalue weighted by Gasteiger charge is -2.33. The molecular weight excluding hydrogens is 465 g/mol. The second-order valence-corrected chi connectivity index (χ2v) is 9.68. The average Bonchev–Trinajstić information content (AvgIpc) is 2.94. The van der Waals surface area contributed by atoms with E-state index >= 15 is 0 Å². The van der Waals surface area contributed by atoms with Crippen molar-refractivity contribution in [2.75, 3.05) is 13.7 Å². The van der Waals surface area contributed by atoms with Crippen LogP contribution in [-0.4, -0.2) is 25.7 Å². The molecule has 4 aromatic carbocycles. The van der Waals surface area contributed by atoms with Gasteiger partial charge in [0.1, 0.15) is 11.6 Å². The number of carbonyl (C=O) groups is 1. The molecule has 1 N–H and O–H groups in total. The first-order valence-electron chi connectivity index (χ1n) is 12.9. The summed E-state index contributed by atoms with van der Waals surface area (Å²) in [5.74, 6) is -0.368. The predicted octanol–water partition coefficient (Wildman–Crippen LogP) is 7.18. The minimum atomic E-state index is -0.664. The van der Waals surface area contributed by atoms with Gasteiger partial charge in [0.15, 0.2) is 0 Å². The minimum absolute atomic E-state index is 0.0153. The van der Waals surface area contributed by atoms with Gasteiger partial charge in [-0.05, 0) is 72.8 Å². The summed E-state index contributed by atoms with van der Waals surface area (Å²) < 4.78 is 25.4. The van der Waals surface area contributed by atoms with Crippen molar-refractivity contribution in [2.24, 2.45) is 0 Å². The second-order valence-electron chi connectivity index (χ2n) is 9.68. The quantitative estimate of drug-likeness (QED) is 0.207. The molecule has 0 radical (unpaired) electrons. The topological polar surface area (TPSA) is 47.6 Å². The molecule has 5 heteroatoms. The number of hydrogen-bond donors (Lipinski definition) is 1. The van der Waals surface area contributed by atoms with Crippen molar-refractivity contribution in [1.29, 1.82) is 0 Å². The molecule has 0 aromatic heterocycles. The van der Waals surface area contributed by atoms with Crippen LogP contribution in [0, 0.1) is 5.82 Å². The third-order valence-corrected chi connectivity index (χ3v) is 7.33. The number of ether oxygens (including phenoxy) is 2. The van der Waals surface area contributed by atoms with Gasteiger partial charge in [-0.25, -0.2) is 9.18 Å². The number of methoxy groups -OCH3 is 1. The monoisotopic (exact) mass is 497 g/mol. The second kappa shape index (κ2) is 11.1. The van der Waals surface area contributed by atoms with Crippen molar-refractivity contribution in [3.63, 3.8) is 0 Å². The molecule has 4 nitrogen and oxygen atoms in total. The number of rotatable bonds is 8. The minimum Gasteiger partial charge on any atom is -0.490 e. The highest BCUT2D eigenvalue weighted by atomic mass is 19.1. The van der Waals surface area contributed by atoms with Crippen LogP contribution in [0.25, 0.3) is 10.8 Å². The van der Waals surface area contributed by atoms with Gasteiger partial charge in [0.25, 0.3) is 0 Å². The Morgan fingerprint density at radius 3 is 2.70 bits per heavy atom. The SMILES string of the molecule is COC(=O)c1cc([C@H]2C[C@@H](CCCN[C@H](C)c3cccc4ccccc34)Oc3ccccc32)ccc1F. The summed E-state index contributed by atoms with van der Waals surface area (Å²) >= 11 is 0. The van der Waals surface area contributed by atoms with Crippen LogP contribution in [0.15, 0.2) is 84.9 Å². The van der Waals surface area contributed by atoms with E-state index in [-0.39, 0.29) is 23.6 Å². The maximum atomic E-state index is 14.3. The summed E-state index contributed by atoms with van der Waals surface area (Å²) in [6.45, 7) is 3.08. The molecule has 1 aliphatic rings. The number of hydrogen-bond acceptors (Lipinski definition) is 4. The fourth-order valence-corrected chi connectivity index (χ4v) is 5.40. The summed E-state index contributed by atoms with van der Waals surface area (Å²) in [4.78, 5) is 12.1. The summed E-state index contributed by atoms with van der Waals surface area (Å²) in [6.07, 6.45) is 2.65. The predicted molar refractivity (Wildman–Crippen MR) is 145 cm³/mol. The Kier molecular flexibility index (Phi) is 7.52. The molecule has 4 aromatic rings. The van der Waals surface area contributed by atoms with E-state index in [0.29, 0.717) is 0 Å². The van der Waals surface area contributed by atoms with Crippen LogP contribution in [-0.2, 0) is 4.74 Å². The zero-order chi connectivity index (χ0) is 25.8. The van der Waals surface area contributed by atoms with Gasteiger partial charge in [0.2, 0.25) is 0 Å². The Bertz CT molecular complexity index is 1400. The first kappa shape index (κ1) is 25.0. The van der Waals surface area contributed by atoms with E-state index < -0.39 is 11.8 Å². The maximum absolute atomic E-state index is 14.3. The third-order valence-electron chi connectivity index (χ3n) is 7.33. The lowest BCUT2D eigenvalue weighted by Crippen LogP contribution is -2.28. The number of para-hydroxylation sites is 1. The van der Waals surface area contributed by atoms with Gasteiger partial charge in [0, 0.05) is 17.5 Å². The standard InChI is InChI=1S/C32H32FNO3/c1-21(25-14-7-10-22-9-3-4-12-26(22)25)34-18-8-11-24-20-28(27-13-5-6-15-31(27)37-24)23-16-17-30(33)29(19-23)32(35)36-2/h3-7,9-10,12-17,19,21,24,28,34H,8,11,18,20H2,1-2H3/t21-,24-,28-/m1/s1. The Balaban J connectivity index is 1.26. The molecule has 0 saturated heterocycles. The normalized spacial score (nSPS) is 17.6. The highest BCUT2D eigenvalue weighted by molar-refractivity contribution is 5.90. The van der Waals surface area contributed by atoms with Crippen LogP contribution in [0.1, 0.15) is 65.2 Å². The number of carbonyl (C=O) groups excluding carboxylic acids is 1. The third kappa shape index (κ3) is 5.37. The Labute approximate surface area is 217 Å². The zero-order valence-corrected chi connectivity index (χ0v) is 21.2. The largest absolute Gasteiger partial charge is 0.490 e. The fraction of sp³-hybridized carbons (Fsp3) is 0.281. The zero-order valence-electron chi connectivity index (χ0n) is 21.2. The molecule has 190 valence electrons. The van der Waals surface area contributed by atoms with E-state index in [1.165, 1.54) is 29.5 Å². The molecule has 1 heterocycles. The molecule has 1 aliphatic heterocycles. The molecule has 37 heavy (non-hydrogen) atoms. The van der Waals surface area contributed by atoms with Crippen molar-refractivity contribution in [2.45, 2.75) is 44.2 Å². The van der Waals surface area contributed by atoms with E-state index in [0.717, 1.165) is 42.7 Å². The number of nitrogens with one attached hydrogen (secondary N) is 1. The maximum Gasteiger partial charge on any atom is 0.340 e. The molecular formula is C32H32FNO3. The first-order chi connectivity index (χ1) is 18.0. The summed E-state index contributed by atoms with van der Waals surface area (Å²) in [7, 11) is 1.27. The van der Waals surface area contributed by atoms with Gasteiger partial charge in [-0.1, -0.05) is 66.7 Å². The lowest BCUT2D eigenvalue weighted by atomic mass is 9.82. The highest BCUT2D eigenvalue weighted by Crippen LogP contribution is 2.41. The number of benzene rings is 4. The Morgan fingerprint density at radius 2 is 1.84 bits per heavy atom. The van der Waals surface area contributed by atoms with Crippen LogP contribution < -0.4 is 10.1 Å². The van der Waals surface area contributed by atoms with Crippen LogP contribution in [0.5, 0.6) is 5.75 Å². The molecule has 3 atom stereocenters. The van der Waals surface area contributed by atoms with Crippen LogP contribution in [0.4, 0.5) is 4.39 Å². The van der Waals surface area contributed by atoms with E-state index in [1.807, 2.05) is 24.3 Å². The molecule has 0 unspecified atom stereocenters. The van der Waals surface area contributed by atoms with Gasteiger partial charge < -0.3 is 14.8 Å². The van der Waals surface area contributed by atoms with E-state index in [4.69, 9.17) is 9.47 Å². The number of halogens is 1. The molecule has 0 spiro atoms. The van der Waals surface area contributed by atoms with E-state index in [1.54, 1.807) is 12.1 Å². The van der Waals surface area contributed by atoms with Crippen molar-refractivity contribution < 1.29 is 18.7 Å². The molecule has 5 rings (SSSR count). The summed E-state index contributed by atoms with van der Waals surface area (Å²) in [6, 6.07) is 27.9.